The van der Waals surface area contributed by atoms with E-state index in [4.69, 9.17) is 0 Å². The summed E-state index contributed by atoms with van der Waals surface area (Å²) in [5, 5.41) is 4.57. The lowest BCUT2D eigenvalue weighted by Gasteiger charge is -2.21. The third-order valence-electron chi connectivity index (χ3n) is 4.46. The molecular weight excluding hydrogens is 292 g/mol. The molecule has 0 bridgehead atoms. The van der Waals surface area contributed by atoms with Gasteiger partial charge in [-0.2, -0.15) is 5.10 Å². The maximum absolute atomic E-state index is 4.57. The molecule has 0 spiro atoms. The Balaban J connectivity index is 2.12. The van der Waals surface area contributed by atoms with E-state index in [1.54, 1.807) is 0 Å². The van der Waals surface area contributed by atoms with E-state index in [2.05, 4.69) is 76.1 Å². The Hall–Kier alpha value is -2.35. The fourth-order valence-corrected chi connectivity index (χ4v) is 2.97. The lowest BCUT2D eigenvalue weighted by molar-refractivity contribution is 0.590. The van der Waals surface area contributed by atoms with Crippen molar-refractivity contribution in [3.05, 3.63) is 71.0 Å². The highest BCUT2D eigenvalue weighted by atomic mass is 15.3. The maximum Gasteiger partial charge on any atom is 0.0680 e. The fourth-order valence-electron chi connectivity index (χ4n) is 2.97. The molecule has 2 aromatic carbocycles. The molecule has 0 aliphatic rings. The Morgan fingerprint density at radius 2 is 1.58 bits per heavy atom. The molecule has 1 heterocycles. The van der Waals surface area contributed by atoms with Crippen LogP contribution in [0.15, 0.2) is 48.7 Å². The van der Waals surface area contributed by atoms with Crippen molar-refractivity contribution in [1.82, 2.24) is 9.78 Å². The summed E-state index contributed by atoms with van der Waals surface area (Å²) >= 11 is 0. The Labute approximate surface area is 145 Å². The molecule has 2 heteroatoms. The third kappa shape index (κ3) is 3.28. The van der Waals surface area contributed by atoms with Gasteiger partial charge < -0.3 is 0 Å². The smallest absolute Gasteiger partial charge is 0.0680 e. The SMILES string of the molecule is Cc1cc(-c2ccc(C)c(-n3ccc(C)n3)c2)cc(C(C)(C)C)c1. The van der Waals surface area contributed by atoms with Crippen LogP contribution in [-0.2, 0) is 5.41 Å². The van der Waals surface area contributed by atoms with Gasteiger partial charge in [-0.25, -0.2) is 4.68 Å². The molecule has 0 aliphatic carbocycles. The van der Waals surface area contributed by atoms with Crippen molar-refractivity contribution in [2.75, 3.05) is 0 Å². The first-order chi connectivity index (χ1) is 11.2. The van der Waals surface area contributed by atoms with Gasteiger partial charge in [0.15, 0.2) is 0 Å². The number of benzene rings is 2. The standard InChI is InChI=1S/C22H26N2/c1-15-11-19(13-20(12-15)22(4,5)6)18-8-7-16(2)21(14-18)24-10-9-17(3)23-24/h7-14H,1-6H3. The molecule has 0 saturated heterocycles. The predicted octanol–water partition coefficient (Wildman–Crippen LogP) is 5.76. The van der Waals surface area contributed by atoms with Gasteiger partial charge in [0.2, 0.25) is 0 Å². The Morgan fingerprint density at radius 3 is 2.21 bits per heavy atom. The van der Waals surface area contributed by atoms with Crippen LogP contribution in [-0.4, -0.2) is 9.78 Å². The normalized spacial score (nSPS) is 11.8. The van der Waals surface area contributed by atoms with Gasteiger partial charge in [0, 0.05) is 6.20 Å². The van der Waals surface area contributed by atoms with Gasteiger partial charge in [-0.1, -0.05) is 56.7 Å². The number of hydrogen-bond acceptors (Lipinski definition) is 1. The molecule has 124 valence electrons. The van der Waals surface area contributed by atoms with E-state index in [1.165, 1.54) is 27.8 Å². The average Bonchev–Trinajstić information content (AvgIpc) is 2.92. The minimum absolute atomic E-state index is 0.146. The number of nitrogens with zero attached hydrogens (tertiary/aromatic N) is 2. The van der Waals surface area contributed by atoms with Crippen molar-refractivity contribution in [1.29, 1.82) is 0 Å². The summed E-state index contributed by atoms with van der Waals surface area (Å²) in [4.78, 5) is 0. The van der Waals surface area contributed by atoms with E-state index in [0.29, 0.717) is 0 Å². The second-order valence-electron chi connectivity index (χ2n) is 7.74. The summed E-state index contributed by atoms with van der Waals surface area (Å²) in [6, 6.07) is 15.5. The first kappa shape index (κ1) is 16.5. The molecule has 0 unspecified atom stereocenters. The van der Waals surface area contributed by atoms with Gasteiger partial charge in [0.1, 0.15) is 0 Å². The second-order valence-corrected chi connectivity index (χ2v) is 7.74. The monoisotopic (exact) mass is 318 g/mol. The van der Waals surface area contributed by atoms with E-state index in [1.807, 2.05) is 23.9 Å². The highest BCUT2D eigenvalue weighted by molar-refractivity contribution is 5.69. The minimum atomic E-state index is 0.146. The summed E-state index contributed by atoms with van der Waals surface area (Å²) in [7, 11) is 0. The van der Waals surface area contributed by atoms with Crippen molar-refractivity contribution in [3.8, 4) is 16.8 Å². The van der Waals surface area contributed by atoms with Crippen LogP contribution in [0, 0.1) is 20.8 Å². The zero-order valence-electron chi connectivity index (χ0n) is 15.5. The molecule has 0 N–H and O–H groups in total. The zero-order valence-corrected chi connectivity index (χ0v) is 15.5. The molecule has 0 aliphatic heterocycles. The molecule has 0 atom stereocenters. The van der Waals surface area contributed by atoms with Crippen LogP contribution < -0.4 is 0 Å². The van der Waals surface area contributed by atoms with Crippen molar-refractivity contribution in [2.45, 2.75) is 47.0 Å². The minimum Gasteiger partial charge on any atom is -0.240 e. The molecule has 0 saturated carbocycles. The number of rotatable bonds is 2. The van der Waals surface area contributed by atoms with Crippen molar-refractivity contribution >= 4 is 0 Å². The summed E-state index contributed by atoms with van der Waals surface area (Å²) in [6.45, 7) is 13.1. The van der Waals surface area contributed by atoms with Crippen LogP contribution in [0.2, 0.25) is 0 Å². The first-order valence-corrected chi connectivity index (χ1v) is 8.50. The van der Waals surface area contributed by atoms with Crippen LogP contribution in [0.25, 0.3) is 16.8 Å². The average molecular weight is 318 g/mol. The summed E-state index contributed by atoms with van der Waals surface area (Å²) in [6.07, 6.45) is 2.03. The van der Waals surface area contributed by atoms with Gasteiger partial charge in [-0.3, -0.25) is 0 Å². The zero-order chi connectivity index (χ0) is 17.5. The summed E-state index contributed by atoms with van der Waals surface area (Å²) < 4.78 is 1.97. The van der Waals surface area contributed by atoms with E-state index < -0.39 is 0 Å². The molecule has 0 radical (unpaired) electrons. The summed E-state index contributed by atoms with van der Waals surface area (Å²) in [5.41, 5.74) is 8.72. The molecule has 1 aromatic heterocycles. The summed E-state index contributed by atoms with van der Waals surface area (Å²) in [5.74, 6) is 0. The van der Waals surface area contributed by atoms with Crippen molar-refractivity contribution in [2.24, 2.45) is 0 Å². The molecule has 3 aromatic rings. The first-order valence-electron chi connectivity index (χ1n) is 8.50. The lowest BCUT2D eigenvalue weighted by atomic mass is 9.84. The van der Waals surface area contributed by atoms with Crippen LogP contribution in [0.3, 0.4) is 0 Å². The molecule has 2 nitrogen and oxygen atoms in total. The Morgan fingerprint density at radius 1 is 0.833 bits per heavy atom. The van der Waals surface area contributed by atoms with Crippen LogP contribution in [0.1, 0.15) is 43.2 Å². The lowest BCUT2D eigenvalue weighted by Crippen LogP contribution is -2.11. The predicted molar refractivity (Wildman–Crippen MR) is 102 cm³/mol. The van der Waals surface area contributed by atoms with Gasteiger partial charge in [-0.15, -0.1) is 0 Å². The topological polar surface area (TPSA) is 17.8 Å². The highest BCUT2D eigenvalue weighted by Crippen LogP contribution is 2.30. The molecule has 24 heavy (non-hydrogen) atoms. The van der Waals surface area contributed by atoms with Crippen molar-refractivity contribution < 1.29 is 0 Å². The van der Waals surface area contributed by atoms with E-state index in [-0.39, 0.29) is 5.41 Å². The van der Waals surface area contributed by atoms with Gasteiger partial charge in [-0.05, 0) is 60.6 Å². The largest absolute Gasteiger partial charge is 0.240 e. The fraction of sp³-hybridized carbons (Fsp3) is 0.318. The van der Waals surface area contributed by atoms with E-state index in [9.17, 15) is 0 Å². The Kier molecular flexibility index (Phi) is 4.08. The number of hydrogen-bond donors (Lipinski definition) is 0. The third-order valence-corrected chi connectivity index (χ3v) is 4.46. The van der Waals surface area contributed by atoms with Crippen LogP contribution in [0.5, 0.6) is 0 Å². The van der Waals surface area contributed by atoms with Gasteiger partial charge >= 0.3 is 0 Å². The van der Waals surface area contributed by atoms with Crippen molar-refractivity contribution in [3.63, 3.8) is 0 Å². The van der Waals surface area contributed by atoms with Gasteiger partial charge in [0.05, 0.1) is 11.4 Å². The van der Waals surface area contributed by atoms with E-state index in [0.717, 1.165) is 11.4 Å². The maximum atomic E-state index is 4.57. The molecule has 3 rings (SSSR count). The van der Waals surface area contributed by atoms with Crippen LogP contribution >= 0.6 is 0 Å². The molecule has 0 fully saturated rings. The van der Waals surface area contributed by atoms with E-state index >= 15 is 0 Å². The molecular formula is C22H26N2. The number of aryl methyl sites for hydroxylation is 3. The number of aromatic nitrogens is 2. The highest BCUT2D eigenvalue weighted by Gasteiger charge is 2.15. The quantitative estimate of drug-likeness (QED) is 0.587. The van der Waals surface area contributed by atoms with Crippen LogP contribution in [0.4, 0.5) is 0 Å². The second kappa shape index (κ2) is 5.94. The Bertz CT molecular complexity index is 879. The molecule has 0 amide bonds. The van der Waals surface area contributed by atoms with Gasteiger partial charge in [0.25, 0.3) is 0 Å².